The number of nitrogens with two attached hydrogens (primary N) is 1. The second-order valence-corrected chi connectivity index (χ2v) is 6.46. The summed E-state index contributed by atoms with van der Waals surface area (Å²) in [5.74, 6) is 0.367. The van der Waals surface area contributed by atoms with Crippen LogP contribution in [0.4, 0.5) is 5.82 Å². The molecular formula is C10H19N5O3S. The summed E-state index contributed by atoms with van der Waals surface area (Å²) in [5, 5.41) is 6.30. The van der Waals surface area contributed by atoms with Crippen molar-refractivity contribution in [2.75, 3.05) is 18.8 Å². The zero-order valence-electron chi connectivity index (χ0n) is 11.0. The Labute approximate surface area is 112 Å². The molecule has 8 nitrogen and oxygen atoms in total. The van der Waals surface area contributed by atoms with Gasteiger partial charge in [-0.15, -0.1) is 0 Å². The minimum atomic E-state index is -3.54. The Morgan fingerprint density at radius 1 is 1.53 bits per heavy atom. The van der Waals surface area contributed by atoms with E-state index >= 15 is 0 Å². The fourth-order valence-electron chi connectivity index (χ4n) is 2.05. The van der Waals surface area contributed by atoms with Crippen molar-refractivity contribution in [3.63, 3.8) is 0 Å². The van der Waals surface area contributed by atoms with Crippen LogP contribution in [0, 0.1) is 0 Å². The number of aromatic amines is 1. The Hall–Kier alpha value is -1.16. The number of H-pyrrole nitrogens is 1. The van der Waals surface area contributed by atoms with Gasteiger partial charge >= 0.3 is 0 Å². The van der Waals surface area contributed by atoms with Crippen LogP contribution in [0.15, 0.2) is 6.20 Å². The first-order chi connectivity index (χ1) is 8.88. The van der Waals surface area contributed by atoms with Crippen LogP contribution < -0.4 is 10.5 Å². The van der Waals surface area contributed by atoms with Gasteiger partial charge in [0, 0.05) is 25.2 Å². The standard InChI is InChI=1S/C10H19N5O3S/c1-7-5-15(6-8(2)18-7)19(16,17)13-4-9-3-12-14-10(9)11/h3,7-8,13H,4-6H2,1-2H3,(H3,11,12,14). The summed E-state index contributed by atoms with van der Waals surface area (Å²) < 4.78 is 33.8. The van der Waals surface area contributed by atoms with Gasteiger partial charge in [-0.3, -0.25) is 5.10 Å². The van der Waals surface area contributed by atoms with E-state index < -0.39 is 10.2 Å². The fourth-order valence-corrected chi connectivity index (χ4v) is 3.38. The van der Waals surface area contributed by atoms with Crippen LogP contribution in [0.3, 0.4) is 0 Å². The number of nitrogens with zero attached hydrogens (tertiary/aromatic N) is 2. The maximum absolute atomic E-state index is 12.2. The summed E-state index contributed by atoms with van der Waals surface area (Å²) in [7, 11) is -3.54. The highest BCUT2D eigenvalue weighted by Gasteiger charge is 2.30. The predicted molar refractivity (Wildman–Crippen MR) is 70.3 cm³/mol. The number of hydrogen-bond donors (Lipinski definition) is 3. The number of ether oxygens (including phenoxy) is 1. The van der Waals surface area contributed by atoms with Crippen LogP contribution in [0.1, 0.15) is 19.4 Å². The molecule has 0 saturated carbocycles. The molecule has 0 bridgehead atoms. The van der Waals surface area contributed by atoms with Crippen LogP contribution in [0.25, 0.3) is 0 Å². The Balaban J connectivity index is 2.00. The summed E-state index contributed by atoms with van der Waals surface area (Å²) in [6.07, 6.45) is 1.28. The lowest BCUT2D eigenvalue weighted by Crippen LogP contribution is -2.51. The Morgan fingerprint density at radius 2 is 2.16 bits per heavy atom. The second kappa shape index (κ2) is 5.45. The van der Waals surface area contributed by atoms with E-state index in [2.05, 4.69) is 14.9 Å². The van der Waals surface area contributed by atoms with E-state index in [0.29, 0.717) is 24.5 Å². The fraction of sp³-hybridized carbons (Fsp3) is 0.700. The molecular weight excluding hydrogens is 270 g/mol. The second-order valence-electron chi connectivity index (χ2n) is 4.71. The van der Waals surface area contributed by atoms with Crippen LogP contribution in [-0.2, 0) is 21.5 Å². The van der Waals surface area contributed by atoms with Crippen molar-refractivity contribution < 1.29 is 13.2 Å². The first-order valence-electron chi connectivity index (χ1n) is 6.06. The zero-order valence-corrected chi connectivity index (χ0v) is 11.8. The lowest BCUT2D eigenvalue weighted by molar-refractivity contribution is -0.0444. The average Bonchev–Trinajstić information content (AvgIpc) is 2.71. The highest BCUT2D eigenvalue weighted by Crippen LogP contribution is 2.14. The van der Waals surface area contributed by atoms with Crippen LogP contribution >= 0.6 is 0 Å². The molecule has 1 aliphatic rings. The number of anilines is 1. The summed E-state index contributed by atoms with van der Waals surface area (Å²) >= 11 is 0. The third-order valence-corrected chi connectivity index (χ3v) is 4.41. The van der Waals surface area contributed by atoms with Gasteiger partial charge in [-0.25, -0.2) is 0 Å². The SMILES string of the molecule is CC1CN(S(=O)(=O)NCc2cn[nH]c2N)CC(C)O1. The zero-order chi connectivity index (χ0) is 14.0. The van der Waals surface area contributed by atoms with Gasteiger partial charge in [0.05, 0.1) is 18.4 Å². The Morgan fingerprint density at radius 3 is 2.68 bits per heavy atom. The van der Waals surface area contributed by atoms with Crippen molar-refractivity contribution in [3.8, 4) is 0 Å². The molecule has 9 heteroatoms. The Kier molecular flexibility index (Phi) is 4.09. The average molecular weight is 289 g/mol. The summed E-state index contributed by atoms with van der Waals surface area (Å²) in [5.41, 5.74) is 6.23. The van der Waals surface area contributed by atoms with Gasteiger partial charge in [0.1, 0.15) is 5.82 Å². The number of hydrogen-bond acceptors (Lipinski definition) is 5. The lowest BCUT2D eigenvalue weighted by atomic mass is 10.3. The van der Waals surface area contributed by atoms with E-state index in [-0.39, 0.29) is 18.8 Å². The van der Waals surface area contributed by atoms with Crippen LogP contribution in [-0.4, -0.2) is 48.2 Å². The van der Waals surface area contributed by atoms with Gasteiger partial charge in [-0.2, -0.15) is 22.5 Å². The normalized spacial score (nSPS) is 25.6. The lowest BCUT2D eigenvalue weighted by Gasteiger charge is -2.34. The van der Waals surface area contributed by atoms with E-state index in [1.54, 1.807) is 0 Å². The van der Waals surface area contributed by atoms with Gasteiger partial charge in [0.15, 0.2) is 0 Å². The van der Waals surface area contributed by atoms with E-state index in [1.807, 2.05) is 13.8 Å². The van der Waals surface area contributed by atoms with Gasteiger partial charge in [0.2, 0.25) is 0 Å². The van der Waals surface area contributed by atoms with Crippen molar-refractivity contribution in [3.05, 3.63) is 11.8 Å². The topological polar surface area (TPSA) is 113 Å². The van der Waals surface area contributed by atoms with Crippen molar-refractivity contribution in [2.24, 2.45) is 0 Å². The highest BCUT2D eigenvalue weighted by molar-refractivity contribution is 7.87. The number of rotatable bonds is 4. The molecule has 1 aromatic rings. The monoisotopic (exact) mass is 289 g/mol. The largest absolute Gasteiger partial charge is 0.384 e. The molecule has 2 unspecified atom stereocenters. The quantitative estimate of drug-likeness (QED) is 0.687. The first kappa shape index (κ1) is 14.3. The maximum Gasteiger partial charge on any atom is 0.279 e. The predicted octanol–water partition coefficient (Wildman–Crippen LogP) is -0.564. The highest BCUT2D eigenvalue weighted by atomic mass is 32.2. The van der Waals surface area contributed by atoms with Crippen LogP contribution in [0.5, 0.6) is 0 Å². The van der Waals surface area contributed by atoms with Crippen molar-refractivity contribution in [2.45, 2.75) is 32.6 Å². The van der Waals surface area contributed by atoms with Crippen LogP contribution in [0.2, 0.25) is 0 Å². The molecule has 1 saturated heterocycles. The minimum absolute atomic E-state index is 0.112. The van der Waals surface area contributed by atoms with Gasteiger partial charge in [-0.1, -0.05) is 0 Å². The van der Waals surface area contributed by atoms with E-state index in [1.165, 1.54) is 10.5 Å². The van der Waals surface area contributed by atoms with Gasteiger partial charge < -0.3 is 10.5 Å². The number of nitrogens with one attached hydrogen (secondary N) is 2. The van der Waals surface area contributed by atoms with Crippen molar-refractivity contribution in [1.29, 1.82) is 0 Å². The van der Waals surface area contributed by atoms with E-state index in [9.17, 15) is 8.42 Å². The number of aromatic nitrogens is 2. The molecule has 0 radical (unpaired) electrons. The van der Waals surface area contributed by atoms with E-state index in [4.69, 9.17) is 10.5 Å². The molecule has 1 aromatic heterocycles. The van der Waals surface area contributed by atoms with Gasteiger partial charge in [0.25, 0.3) is 10.2 Å². The molecule has 0 aromatic carbocycles. The number of morpholine rings is 1. The third kappa shape index (κ3) is 3.44. The molecule has 2 heterocycles. The summed E-state index contributed by atoms with van der Waals surface area (Å²) in [6.45, 7) is 4.52. The first-order valence-corrected chi connectivity index (χ1v) is 7.50. The Bertz CT molecular complexity index is 519. The molecule has 0 spiro atoms. The third-order valence-electron chi connectivity index (χ3n) is 2.92. The molecule has 0 aliphatic carbocycles. The van der Waals surface area contributed by atoms with E-state index in [0.717, 1.165) is 0 Å². The molecule has 19 heavy (non-hydrogen) atoms. The van der Waals surface area contributed by atoms with Crippen molar-refractivity contribution >= 4 is 16.0 Å². The molecule has 4 N–H and O–H groups in total. The summed E-state index contributed by atoms with van der Waals surface area (Å²) in [4.78, 5) is 0. The number of nitrogen functional groups attached to an aromatic ring is 1. The smallest absolute Gasteiger partial charge is 0.279 e. The minimum Gasteiger partial charge on any atom is -0.384 e. The molecule has 108 valence electrons. The molecule has 2 atom stereocenters. The maximum atomic E-state index is 12.2. The van der Waals surface area contributed by atoms with Crippen molar-refractivity contribution in [1.82, 2.24) is 19.2 Å². The molecule has 1 fully saturated rings. The molecule has 1 aliphatic heterocycles. The molecule has 2 rings (SSSR count). The summed E-state index contributed by atoms with van der Waals surface area (Å²) in [6, 6.07) is 0. The molecule has 0 amide bonds. The van der Waals surface area contributed by atoms with Gasteiger partial charge in [-0.05, 0) is 13.8 Å².